The van der Waals surface area contributed by atoms with Crippen LogP contribution in [0.2, 0.25) is 0 Å². The lowest BCUT2D eigenvalue weighted by molar-refractivity contribution is 0.102. The van der Waals surface area contributed by atoms with Crippen molar-refractivity contribution in [3.63, 3.8) is 0 Å². The van der Waals surface area contributed by atoms with E-state index in [0.717, 1.165) is 37.3 Å². The fourth-order valence-corrected chi connectivity index (χ4v) is 2.62. The third kappa shape index (κ3) is 3.42. The van der Waals surface area contributed by atoms with Crippen LogP contribution in [-0.4, -0.2) is 29.0 Å². The average Bonchev–Trinajstić information content (AvgIpc) is 2.56. The smallest absolute Gasteiger partial charge is 0.274 e. The van der Waals surface area contributed by atoms with Crippen molar-refractivity contribution in [1.29, 1.82) is 0 Å². The van der Waals surface area contributed by atoms with E-state index in [-0.39, 0.29) is 5.91 Å². The summed E-state index contributed by atoms with van der Waals surface area (Å²) < 4.78 is 0. The van der Waals surface area contributed by atoms with Crippen LogP contribution in [0.5, 0.6) is 0 Å². The zero-order valence-electron chi connectivity index (χ0n) is 12.7. The number of rotatable bonds is 3. The highest BCUT2D eigenvalue weighted by atomic mass is 16.1. The van der Waals surface area contributed by atoms with Crippen molar-refractivity contribution < 1.29 is 4.79 Å². The number of aromatic nitrogens is 2. The molecule has 22 heavy (non-hydrogen) atoms. The minimum atomic E-state index is -0.199. The average molecular weight is 296 g/mol. The minimum Gasteiger partial charge on any atom is -0.341 e. The number of nitrogens with one attached hydrogen (secondary N) is 1. The summed E-state index contributed by atoms with van der Waals surface area (Å²) in [5.41, 5.74) is 1.99. The van der Waals surface area contributed by atoms with Gasteiger partial charge in [-0.15, -0.1) is 0 Å². The summed E-state index contributed by atoms with van der Waals surface area (Å²) in [7, 11) is 0. The quantitative estimate of drug-likeness (QED) is 0.946. The van der Waals surface area contributed by atoms with Crippen LogP contribution in [0, 0.1) is 6.92 Å². The van der Waals surface area contributed by atoms with Crippen LogP contribution in [-0.2, 0) is 0 Å². The summed E-state index contributed by atoms with van der Waals surface area (Å²) in [6.07, 6.45) is 3.56. The summed E-state index contributed by atoms with van der Waals surface area (Å²) in [5, 5.41) is 2.87. The van der Waals surface area contributed by atoms with Gasteiger partial charge in [0.25, 0.3) is 5.91 Å². The van der Waals surface area contributed by atoms with Crippen molar-refractivity contribution >= 4 is 17.5 Å². The number of carbonyl (C=O) groups is 1. The largest absolute Gasteiger partial charge is 0.341 e. The molecule has 1 fully saturated rings. The maximum absolute atomic E-state index is 12.4. The standard InChI is InChI=1S/C17H20N4O/c1-13-12-15(16(22)19-14-8-4-2-5-9-14)20-17(18-13)21-10-6-3-7-11-21/h2,4-5,8-9,12H,3,6-7,10-11H2,1H3,(H,19,22). The molecule has 114 valence electrons. The number of amides is 1. The van der Waals surface area contributed by atoms with E-state index in [2.05, 4.69) is 20.2 Å². The number of benzene rings is 1. The van der Waals surface area contributed by atoms with E-state index < -0.39 is 0 Å². The summed E-state index contributed by atoms with van der Waals surface area (Å²) >= 11 is 0. The Morgan fingerprint density at radius 2 is 1.82 bits per heavy atom. The molecule has 1 aliphatic rings. The molecule has 1 aromatic carbocycles. The molecule has 0 unspecified atom stereocenters. The molecule has 0 aliphatic carbocycles. The zero-order valence-corrected chi connectivity index (χ0v) is 12.7. The summed E-state index contributed by atoms with van der Waals surface area (Å²) in [6, 6.07) is 11.1. The van der Waals surface area contributed by atoms with Gasteiger partial charge in [0.15, 0.2) is 0 Å². The number of nitrogens with zero attached hydrogens (tertiary/aromatic N) is 3. The third-order valence-corrected chi connectivity index (χ3v) is 3.75. The van der Waals surface area contributed by atoms with Gasteiger partial charge in [0, 0.05) is 24.5 Å². The van der Waals surface area contributed by atoms with Gasteiger partial charge in [0.2, 0.25) is 5.95 Å². The summed E-state index contributed by atoms with van der Waals surface area (Å²) in [5.74, 6) is 0.466. The van der Waals surface area contributed by atoms with Gasteiger partial charge < -0.3 is 10.2 Å². The Kier molecular flexibility index (Phi) is 4.32. The Hall–Kier alpha value is -2.43. The van der Waals surface area contributed by atoms with Crippen molar-refractivity contribution in [3.05, 3.63) is 47.8 Å². The first-order valence-corrected chi connectivity index (χ1v) is 7.69. The molecule has 2 heterocycles. The molecule has 0 bridgehead atoms. The highest BCUT2D eigenvalue weighted by Gasteiger charge is 2.17. The van der Waals surface area contributed by atoms with Crippen molar-refractivity contribution in [2.24, 2.45) is 0 Å². The van der Waals surface area contributed by atoms with Crippen LogP contribution in [0.25, 0.3) is 0 Å². The highest BCUT2D eigenvalue weighted by molar-refractivity contribution is 6.03. The third-order valence-electron chi connectivity index (χ3n) is 3.75. The SMILES string of the molecule is Cc1cc(C(=O)Nc2ccccc2)nc(N2CCCCC2)n1. The van der Waals surface area contributed by atoms with Gasteiger partial charge in [0.05, 0.1) is 0 Å². The molecular formula is C17H20N4O. The first-order valence-electron chi connectivity index (χ1n) is 7.69. The molecule has 0 atom stereocenters. The second-order valence-corrected chi connectivity index (χ2v) is 5.56. The van der Waals surface area contributed by atoms with Gasteiger partial charge in [-0.1, -0.05) is 18.2 Å². The van der Waals surface area contributed by atoms with Crippen molar-refractivity contribution in [3.8, 4) is 0 Å². The lowest BCUT2D eigenvalue weighted by atomic mass is 10.1. The van der Waals surface area contributed by atoms with E-state index in [1.165, 1.54) is 6.42 Å². The van der Waals surface area contributed by atoms with Crippen molar-refractivity contribution in [1.82, 2.24) is 9.97 Å². The van der Waals surface area contributed by atoms with Crippen LogP contribution in [0.3, 0.4) is 0 Å². The number of aryl methyl sites for hydroxylation is 1. The van der Waals surface area contributed by atoms with Crippen molar-refractivity contribution in [2.45, 2.75) is 26.2 Å². The Bertz CT molecular complexity index is 651. The van der Waals surface area contributed by atoms with Crippen LogP contribution in [0.1, 0.15) is 35.4 Å². The van der Waals surface area contributed by atoms with Gasteiger partial charge in [-0.05, 0) is 44.4 Å². The van der Waals surface area contributed by atoms with E-state index >= 15 is 0 Å². The molecule has 2 aromatic rings. The molecule has 3 rings (SSSR count). The van der Waals surface area contributed by atoms with Gasteiger partial charge in [0.1, 0.15) is 5.69 Å². The van der Waals surface area contributed by atoms with E-state index in [0.29, 0.717) is 11.6 Å². The van der Waals surface area contributed by atoms with E-state index in [4.69, 9.17) is 0 Å². The predicted molar refractivity (Wildman–Crippen MR) is 87.2 cm³/mol. The first-order chi connectivity index (χ1) is 10.7. The molecule has 5 nitrogen and oxygen atoms in total. The monoisotopic (exact) mass is 296 g/mol. The van der Waals surface area contributed by atoms with E-state index in [9.17, 15) is 4.79 Å². The van der Waals surface area contributed by atoms with Gasteiger partial charge >= 0.3 is 0 Å². The van der Waals surface area contributed by atoms with Crippen LogP contribution < -0.4 is 10.2 Å². The first kappa shape index (κ1) is 14.5. The number of hydrogen-bond donors (Lipinski definition) is 1. The second kappa shape index (κ2) is 6.56. The molecule has 1 saturated heterocycles. The number of anilines is 2. The molecule has 0 radical (unpaired) electrons. The van der Waals surface area contributed by atoms with Crippen LogP contribution in [0.4, 0.5) is 11.6 Å². The molecule has 1 aromatic heterocycles. The lowest BCUT2D eigenvalue weighted by Gasteiger charge is -2.27. The van der Waals surface area contributed by atoms with Gasteiger partial charge in [-0.3, -0.25) is 4.79 Å². The number of para-hydroxylation sites is 1. The predicted octanol–water partition coefficient (Wildman–Crippen LogP) is 3.03. The van der Waals surface area contributed by atoms with Crippen LogP contribution >= 0.6 is 0 Å². The number of piperidine rings is 1. The summed E-state index contributed by atoms with van der Waals surface area (Å²) in [4.78, 5) is 23.5. The van der Waals surface area contributed by atoms with Gasteiger partial charge in [-0.25, -0.2) is 9.97 Å². The number of carbonyl (C=O) groups excluding carboxylic acids is 1. The fraction of sp³-hybridized carbons (Fsp3) is 0.353. The lowest BCUT2D eigenvalue weighted by Crippen LogP contribution is -2.31. The second-order valence-electron chi connectivity index (χ2n) is 5.56. The Balaban J connectivity index is 1.81. The molecular weight excluding hydrogens is 276 g/mol. The highest BCUT2D eigenvalue weighted by Crippen LogP contribution is 2.17. The molecule has 0 saturated carbocycles. The van der Waals surface area contributed by atoms with E-state index in [1.54, 1.807) is 6.07 Å². The van der Waals surface area contributed by atoms with Gasteiger partial charge in [-0.2, -0.15) is 0 Å². The normalized spacial score (nSPS) is 14.7. The molecule has 1 amide bonds. The fourth-order valence-electron chi connectivity index (χ4n) is 2.62. The van der Waals surface area contributed by atoms with Crippen LogP contribution in [0.15, 0.2) is 36.4 Å². The molecule has 1 N–H and O–H groups in total. The molecule has 1 aliphatic heterocycles. The Labute approximate surface area is 130 Å². The molecule has 0 spiro atoms. The van der Waals surface area contributed by atoms with Crippen molar-refractivity contribution in [2.75, 3.05) is 23.3 Å². The Morgan fingerprint density at radius 3 is 2.55 bits per heavy atom. The maximum Gasteiger partial charge on any atom is 0.274 e. The molecule has 5 heteroatoms. The zero-order chi connectivity index (χ0) is 15.4. The summed E-state index contributed by atoms with van der Waals surface area (Å²) in [6.45, 7) is 3.82. The minimum absolute atomic E-state index is 0.199. The Morgan fingerprint density at radius 1 is 1.09 bits per heavy atom. The maximum atomic E-state index is 12.4. The number of hydrogen-bond acceptors (Lipinski definition) is 4. The van der Waals surface area contributed by atoms with E-state index in [1.807, 2.05) is 37.3 Å². The topological polar surface area (TPSA) is 58.1 Å².